The molecule has 0 amide bonds. The molecule has 3 aromatic rings. The average molecular weight is 408 g/mol. The lowest BCUT2D eigenvalue weighted by Gasteiger charge is -2.47. The molecule has 3 aromatic carbocycles. The van der Waals surface area contributed by atoms with Crippen LogP contribution in [0.2, 0.25) is 5.04 Å². The van der Waals surface area contributed by atoms with Crippen molar-refractivity contribution in [3.8, 4) is 0 Å². The molecule has 0 heterocycles. The maximum Gasteiger partial charge on any atom is 0.263 e. The standard InChI is InChI=1S/C25H30FNOSi/c1-24(2,3)29(22-11-7-5-8-12-22,23-13-9-6-10-14-23)28-25(4,27)19-20-15-17-21(26)18-16-20/h5-18H,19,27H2,1-4H3/t25-/m1/s1. The third-order valence-electron chi connectivity index (χ3n) is 5.27. The van der Waals surface area contributed by atoms with E-state index in [0.717, 1.165) is 5.56 Å². The molecule has 2 nitrogen and oxygen atoms in total. The van der Waals surface area contributed by atoms with Crippen LogP contribution >= 0.6 is 0 Å². The average Bonchev–Trinajstić information content (AvgIpc) is 2.68. The normalized spacial score (nSPS) is 14.4. The van der Waals surface area contributed by atoms with Gasteiger partial charge in [-0.3, -0.25) is 0 Å². The molecule has 0 spiro atoms. The molecule has 0 bridgehead atoms. The van der Waals surface area contributed by atoms with Gasteiger partial charge in [-0.25, -0.2) is 4.39 Å². The van der Waals surface area contributed by atoms with Gasteiger partial charge >= 0.3 is 0 Å². The van der Waals surface area contributed by atoms with E-state index in [1.54, 1.807) is 12.1 Å². The largest absolute Gasteiger partial charge is 0.390 e. The van der Waals surface area contributed by atoms with Gasteiger partial charge in [0.15, 0.2) is 0 Å². The van der Waals surface area contributed by atoms with Crippen LogP contribution < -0.4 is 16.1 Å². The summed E-state index contributed by atoms with van der Waals surface area (Å²) in [6.45, 7) is 8.61. The summed E-state index contributed by atoms with van der Waals surface area (Å²) in [6, 6.07) is 27.4. The molecule has 0 saturated heterocycles. The predicted octanol–water partition coefficient (Wildman–Crippen LogP) is 4.62. The van der Waals surface area contributed by atoms with E-state index in [0.29, 0.717) is 6.42 Å². The van der Waals surface area contributed by atoms with Gasteiger partial charge in [0.25, 0.3) is 8.32 Å². The van der Waals surface area contributed by atoms with Crippen LogP contribution in [0, 0.1) is 5.82 Å². The van der Waals surface area contributed by atoms with Gasteiger partial charge in [0.2, 0.25) is 0 Å². The van der Waals surface area contributed by atoms with Crippen LogP contribution in [0.3, 0.4) is 0 Å². The van der Waals surface area contributed by atoms with E-state index in [1.807, 2.05) is 19.1 Å². The van der Waals surface area contributed by atoms with Gasteiger partial charge in [-0.2, -0.15) is 0 Å². The molecule has 1 atom stereocenters. The van der Waals surface area contributed by atoms with Crippen molar-refractivity contribution in [2.24, 2.45) is 5.73 Å². The maximum absolute atomic E-state index is 13.3. The Hall–Kier alpha value is -2.27. The number of hydrogen-bond acceptors (Lipinski definition) is 2. The summed E-state index contributed by atoms with van der Waals surface area (Å²) in [5, 5.41) is 2.23. The Labute approximate surface area is 174 Å². The van der Waals surface area contributed by atoms with Gasteiger partial charge in [-0.1, -0.05) is 93.6 Å². The number of hydrogen-bond donors (Lipinski definition) is 1. The van der Waals surface area contributed by atoms with E-state index in [-0.39, 0.29) is 10.9 Å². The van der Waals surface area contributed by atoms with Gasteiger partial charge in [0.05, 0.1) is 0 Å². The lowest BCUT2D eigenvalue weighted by atomic mass is 10.1. The molecule has 3 rings (SSSR count). The van der Waals surface area contributed by atoms with Crippen molar-refractivity contribution < 1.29 is 8.82 Å². The van der Waals surface area contributed by atoms with Crippen molar-refractivity contribution in [1.82, 2.24) is 0 Å². The first-order valence-corrected chi connectivity index (χ1v) is 11.9. The highest BCUT2D eigenvalue weighted by Crippen LogP contribution is 2.38. The molecule has 152 valence electrons. The molecule has 2 N–H and O–H groups in total. The van der Waals surface area contributed by atoms with E-state index in [4.69, 9.17) is 10.2 Å². The highest BCUT2D eigenvalue weighted by Gasteiger charge is 2.52. The summed E-state index contributed by atoms with van der Waals surface area (Å²) in [5.41, 5.74) is 6.80. The molecule has 0 aliphatic rings. The first-order chi connectivity index (χ1) is 13.6. The molecule has 0 aliphatic carbocycles. The highest BCUT2D eigenvalue weighted by molar-refractivity contribution is 6.99. The lowest BCUT2D eigenvalue weighted by Crippen LogP contribution is -2.70. The second-order valence-corrected chi connectivity index (χ2v) is 13.1. The Morgan fingerprint density at radius 1 is 0.759 bits per heavy atom. The van der Waals surface area contributed by atoms with Crippen LogP contribution in [0.25, 0.3) is 0 Å². The first-order valence-electron chi connectivity index (χ1n) is 9.99. The van der Waals surface area contributed by atoms with Gasteiger partial charge in [0.1, 0.15) is 11.5 Å². The zero-order chi connectivity index (χ0) is 21.1. The van der Waals surface area contributed by atoms with Gasteiger partial charge < -0.3 is 10.2 Å². The Morgan fingerprint density at radius 3 is 1.62 bits per heavy atom. The molecule has 0 saturated carbocycles. The van der Waals surface area contributed by atoms with Crippen LogP contribution in [-0.4, -0.2) is 14.0 Å². The molecule has 4 heteroatoms. The number of benzene rings is 3. The second-order valence-electron chi connectivity index (χ2n) is 8.88. The summed E-state index contributed by atoms with van der Waals surface area (Å²) < 4.78 is 20.4. The van der Waals surface area contributed by atoms with Crippen LogP contribution in [-0.2, 0) is 10.8 Å². The molecule has 0 unspecified atom stereocenters. The fraction of sp³-hybridized carbons (Fsp3) is 0.280. The summed E-state index contributed by atoms with van der Waals surface area (Å²) in [5.74, 6) is -0.250. The van der Waals surface area contributed by atoms with Crippen LogP contribution in [0.4, 0.5) is 4.39 Å². The Morgan fingerprint density at radius 2 is 1.21 bits per heavy atom. The summed E-state index contributed by atoms with van der Waals surface area (Å²) in [7, 11) is -2.75. The lowest BCUT2D eigenvalue weighted by molar-refractivity contribution is 0.0843. The Kier molecular flexibility index (Phi) is 6.08. The topological polar surface area (TPSA) is 35.2 Å². The highest BCUT2D eigenvalue weighted by atomic mass is 28.4. The van der Waals surface area contributed by atoms with Gasteiger partial charge in [-0.15, -0.1) is 0 Å². The zero-order valence-corrected chi connectivity index (χ0v) is 18.7. The molecule has 0 aromatic heterocycles. The van der Waals surface area contributed by atoms with Crippen molar-refractivity contribution >= 4 is 18.7 Å². The summed E-state index contributed by atoms with van der Waals surface area (Å²) in [6.07, 6.45) is 0.498. The molecular weight excluding hydrogens is 377 g/mol. The minimum atomic E-state index is -2.75. The van der Waals surface area contributed by atoms with Crippen LogP contribution in [0.1, 0.15) is 33.3 Å². The quantitative estimate of drug-likeness (QED) is 0.478. The predicted molar refractivity (Wildman–Crippen MR) is 121 cm³/mol. The van der Waals surface area contributed by atoms with E-state index >= 15 is 0 Å². The van der Waals surface area contributed by atoms with E-state index in [1.165, 1.54) is 22.5 Å². The SMILES string of the molecule is CC(C)(C)[Si](O[C@@](C)(N)Cc1ccc(F)cc1)(c1ccccc1)c1ccccc1. The molecule has 0 fully saturated rings. The minimum Gasteiger partial charge on any atom is -0.390 e. The first kappa shape index (κ1) is 21.4. The maximum atomic E-state index is 13.3. The second kappa shape index (κ2) is 8.23. The van der Waals surface area contributed by atoms with E-state index in [2.05, 4.69) is 69.3 Å². The van der Waals surface area contributed by atoms with Crippen molar-refractivity contribution in [2.75, 3.05) is 0 Å². The fourth-order valence-corrected chi connectivity index (χ4v) is 8.75. The molecule has 0 aliphatic heterocycles. The summed E-state index contributed by atoms with van der Waals surface area (Å²) >= 11 is 0. The van der Waals surface area contributed by atoms with Crippen LogP contribution in [0.15, 0.2) is 84.9 Å². The summed E-state index contributed by atoms with van der Waals surface area (Å²) in [4.78, 5) is 0. The number of nitrogens with two attached hydrogens (primary N) is 1. The monoisotopic (exact) mass is 407 g/mol. The van der Waals surface area contributed by atoms with E-state index in [9.17, 15) is 4.39 Å². The van der Waals surface area contributed by atoms with Crippen LogP contribution in [0.5, 0.6) is 0 Å². The number of rotatable bonds is 6. The smallest absolute Gasteiger partial charge is 0.263 e. The fourth-order valence-electron chi connectivity index (χ4n) is 4.04. The molecule has 0 radical (unpaired) electrons. The van der Waals surface area contributed by atoms with Gasteiger partial charge in [0, 0.05) is 6.42 Å². The molecule has 29 heavy (non-hydrogen) atoms. The third-order valence-corrected chi connectivity index (χ3v) is 10.4. The number of halogens is 1. The molecular formula is C25H30FNOSi. The van der Waals surface area contributed by atoms with Crippen molar-refractivity contribution in [1.29, 1.82) is 0 Å². The van der Waals surface area contributed by atoms with Crippen molar-refractivity contribution in [2.45, 2.75) is 44.9 Å². The van der Waals surface area contributed by atoms with Gasteiger partial charge in [-0.05, 0) is 40.0 Å². The Bertz CT molecular complexity index is 879. The Balaban J connectivity index is 2.11. The third kappa shape index (κ3) is 4.66. The minimum absolute atomic E-state index is 0.154. The van der Waals surface area contributed by atoms with E-state index < -0.39 is 14.0 Å². The zero-order valence-electron chi connectivity index (χ0n) is 17.7. The van der Waals surface area contributed by atoms with Crippen molar-refractivity contribution in [3.05, 3.63) is 96.3 Å². The van der Waals surface area contributed by atoms with Crippen molar-refractivity contribution in [3.63, 3.8) is 0 Å².